The van der Waals surface area contributed by atoms with Crippen LogP contribution in [-0.4, -0.2) is 16.9 Å². The molecule has 0 radical (unpaired) electrons. The van der Waals surface area contributed by atoms with Crippen LogP contribution in [0.2, 0.25) is 5.02 Å². The van der Waals surface area contributed by atoms with Crippen LogP contribution in [0.4, 0.5) is 0 Å². The highest BCUT2D eigenvalue weighted by Gasteiger charge is 2.07. The third-order valence-corrected chi connectivity index (χ3v) is 2.59. The summed E-state index contributed by atoms with van der Waals surface area (Å²) < 4.78 is 6.88. The second-order valence-electron chi connectivity index (χ2n) is 3.19. The molecule has 0 atom stereocenters. The number of aromatic nitrogens is 2. The summed E-state index contributed by atoms with van der Waals surface area (Å²) in [5, 5.41) is 4.77. The molecule has 78 valence electrons. The highest BCUT2D eigenvalue weighted by atomic mass is 35.5. The van der Waals surface area contributed by atoms with Gasteiger partial charge in [-0.15, -0.1) is 0 Å². The Morgan fingerprint density at radius 2 is 2.13 bits per heavy atom. The van der Waals surface area contributed by atoms with Crippen molar-refractivity contribution in [1.29, 1.82) is 0 Å². The van der Waals surface area contributed by atoms with Crippen LogP contribution in [0.1, 0.15) is 0 Å². The number of nitrogens with zero attached hydrogens (tertiary/aromatic N) is 2. The lowest BCUT2D eigenvalue weighted by atomic mass is 10.1. The van der Waals surface area contributed by atoms with Gasteiger partial charge in [0.05, 0.1) is 17.8 Å². The molecule has 0 fully saturated rings. The smallest absolute Gasteiger partial charge is 0.120 e. The fraction of sp³-hybridized carbons (Fsp3) is 0.182. The van der Waals surface area contributed by atoms with E-state index in [0.717, 1.165) is 17.0 Å². The van der Waals surface area contributed by atoms with Crippen molar-refractivity contribution in [3.63, 3.8) is 0 Å². The molecule has 0 unspecified atom stereocenters. The molecule has 0 saturated heterocycles. The highest BCUT2D eigenvalue weighted by molar-refractivity contribution is 6.33. The van der Waals surface area contributed by atoms with E-state index in [-0.39, 0.29) is 0 Å². The Bertz CT molecular complexity index is 479. The molecule has 0 N–H and O–H groups in total. The third-order valence-electron chi connectivity index (χ3n) is 2.27. The Hall–Kier alpha value is -1.48. The normalized spacial score (nSPS) is 10.3. The molecule has 3 nitrogen and oxygen atoms in total. The number of methoxy groups -OCH3 is 1. The lowest BCUT2D eigenvalue weighted by molar-refractivity contribution is 0.415. The van der Waals surface area contributed by atoms with Crippen molar-refractivity contribution in [2.24, 2.45) is 7.05 Å². The zero-order chi connectivity index (χ0) is 10.8. The van der Waals surface area contributed by atoms with Gasteiger partial charge in [0.1, 0.15) is 5.75 Å². The maximum Gasteiger partial charge on any atom is 0.120 e. The van der Waals surface area contributed by atoms with E-state index in [2.05, 4.69) is 5.10 Å². The average molecular weight is 223 g/mol. The van der Waals surface area contributed by atoms with Gasteiger partial charge in [-0.1, -0.05) is 11.6 Å². The van der Waals surface area contributed by atoms with Gasteiger partial charge in [-0.05, 0) is 24.3 Å². The minimum absolute atomic E-state index is 0.665. The van der Waals surface area contributed by atoms with Crippen molar-refractivity contribution in [2.75, 3.05) is 7.11 Å². The number of hydrogen-bond donors (Lipinski definition) is 0. The van der Waals surface area contributed by atoms with Gasteiger partial charge < -0.3 is 4.74 Å². The minimum Gasteiger partial charge on any atom is -0.497 e. The fourth-order valence-corrected chi connectivity index (χ4v) is 1.74. The molecule has 2 aromatic rings. The quantitative estimate of drug-likeness (QED) is 0.781. The molecule has 0 saturated carbocycles. The second-order valence-corrected chi connectivity index (χ2v) is 3.59. The number of aryl methyl sites for hydroxylation is 1. The molecule has 15 heavy (non-hydrogen) atoms. The Balaban J connectivity index is 2.50. The number of rotatable bonds is 2. The lowest BCUT2D eigenvalue weighted by Gasteiger charge is -2.06. The van der Waals surface area contributed by atoms with E-state index >= 15 is 0 Å². The van der Waals surface area contributed by atoms with Gasteiger partial charge in [0.15, 0.2) is 0 Å². The van der Waals surface area contributed by atoms with Gasteiger partial charge in [-0.25, -0.2) is 0 Å². The standard InChI is InChI=1S/C11H11ClN2O/c1-14-11(5-6-13-14)9-4-3-8(15-2)7-10(9)12/h3-7H,1-2H3. The van der Waals surface area contributed by atoms with Crippen molar-refractivity contribution in [3.05, 3.63) is 35.5 Å². The zero-order valence-corrected chi connectivity index (χ0v) is 9.32. The molecule has 1 heterocycles. The van der Waals surface area contributed by atoms with E-state index in [1.54, 1.807) is 24.1 Å². The molecule has 0 bridgehead atoms. The van der Waals surface area contributed by atoms with Gasteiger partial charge >= 0.3 is 0 Å². The molecule has 0 amide bonds. The average Bonchev–Trinajstić information content (AvgIpc) is 2.64. The third kappa shape index (κ3) is 1.83. The number of hydrogen-bond acceptors (Lipinski definition) is 2. The van der Waals surface area contributed by atoms with Crippen molar-refractivity contribution < 1.29 is 4.74 Å². The molecular formula is C11H11ClN2O. The molecule has 1 aromatic heterocycles. The van der Waals surface area contributed by atoms with Crippen LogP contribution in [0.5, 0.6) is 5.75 Å². The van der Waals surface area contributed by atoms with Gasteiger partial charge in [0.2, 0.25) is 0 Å². The first-order valence-electron chi connectivity index (χ1n) is 4.54. The molecule has 0 aliphatic rings. The fourth-order valence-electron chi connectivity index (χ4n) is 1.47. The summed E-state index contributed by atoms with van der Waals surface area (Å²) >= 11 is 6.15. The summed E-state index contributed by atoms with van der Waals surface area (Å²) in [6.07, 6.45) is 1.75. The summed E-state index contributed by atoms with van der Waals surface area (Å²) in [5.74, 6) is 0.755. The van der Waals surface area contributed by atoms with Crippen LogP contribution in [-0.2, 0) is 7.05 Å². The van der Waals surface area contributed by atoms with Crippen LogP contribution in [0.3, 0.4) is 0 Å². The SMILES string of the molecule is COc1ccc(-c2ccnn2C)c(Cl)c1. The van der Waals surface area contributed by atoms with Crippen LogP contribution in [0.25, 0.3) is 11.3 Å². The molecule has 0 aliphatic carbocycles. The van der Waals surface area contributed by atoms with Gasteiger partial charge in [-0.2, -0.15) is 5.10 Å². The predicted octanol–water partition coefficient (Wildman–Crippen LogP) is 2.75. The Morgan fingerprint density at radius 3 is 2.67 bits per heavy atom. The van der Waals surface area contributed by atoms with Gasteiger partial charge in [0, 0.05) is 18.8 Å². The topological polar surface area (TPSA) is 27.1 Å². The van der Waals surface area contributed by atoms with E-state index in [4.69, 9.17) is 16.3 Å². The monoisotopic (exact) mass is 222 g/mol. The van der Waals surface area contributed by atoms with Crippen LogP contribution >= 0.6 is 11.6 Å². The van der Waals surface area contributed by atoms with Crippen molar-refractivity contribution in [3.8, 4) is 17.0 Å². The van der Waals surface area contributed by atoms with E-state index < -0.39 is 0 Å². The molecule has 1 aromatic carbocycles. The second kappa shape index (κ2) is 3.95. The van der Waals surface area contributed by atoms with Crippen molar-refractivity contribution in [2.45, 2.75) is 0 Å². The number of ether oxygens (including phenoxy) is 1. The van der Waals surface area contributed by atoms with Gasteiger partial charge in [0.25, 0.3) is 0 Å². The van der Waals surface area contributed by atoms with E-state index in [1.807, 2.05) is 25.2 Å². The molecule has 0 aliphatic heterocycles. The molecule has 0 spiro atoms. The maximum absolute atomic E-state index is 6.15. The first-order chi connectivity index (χ1) is 7.22. The molecule has 2 rings (SSSR count). The Labute approximate surface area is 93.2 Å². The van der Waals surface area contributed by atoms with Crippen molar-refractivity contribution in [1.82, 2.24) is 9.78 Å². The van der Waals surface area contributed by atoms with Crippen molar-refractivity contribution >= 4 is 11.6 Å². The number of benzene rings is 1. The highest BCUT2D eigenvalue weighted by Crippen LogP contribution is 2.30. The predicted molar refractivity (Wildman–Crippen MR) is 60.2 cm³/mol. The minimum atomic E-state index is 0.665. The first kappa shape index (κ1) is 10.1. The van der Waals surface area contributed by atoms with Gasteiger partial charge in [-0.3, -0.25) is 4.68 Å². The molecule has 4 heteroatoms. The van der Waals surface area contributed by atoms with E-state index in [0.29, 0.717) is 5.02 Å². The summed E-state index contributed by atoms with van der Waals surface area (Å²) in [7, 11) is 3.51. The zero-order valence-electron chi connectivity index (χ0n) is 8.57. The summed E-state index contributed by atoms with van der Waals surface area (Å²) in [5.41, 5.74) is 1.94. The summed E-state index contributed by atoms with van der Waals surface area (Å²) in [4.78, 5) is 0. The number of halogens is 1. The van der Waals surface area contributed by atoms with Crippen LogP contribution < -0.4 is 4.74 Å². The van der Waals surface area contributed by atoms with Crippen LogP contribution in [0, 0.1) is 0 Å². The van der Waals surface area contributed by atoms with Crippen LogP contribution in [0.15, 0.2) is 30.5 Å². The van der Waals surface area contributed by atoms with E-state index in [9.17, 15) is 0 Å². The van der Waals surface area contributed by atoms with E-state index in [1.165, 1.54) is 0 Å². The maximum atomic E-state index is 6.15. The summed E-state index contributed by atoms with van der Waals surface area (Å²) in [6.45, 7) is 0. The lowest BCUT2D eigenvalue weighted by Crippen LogP contribution is -1.94. The molecular weight excluding hydrogens is 212 g/mol. The first-order valence-corrected chi connectivity index (χ1v) is 4.92. The Kier molecular flexibility index (Phi) is 2.64. The largest absolute Gasteiger partial charge is 0.497 e. The Morgan fingerprint density at radius 1 is 1.33 bits per heavy atom. The summed E-state index contributed by atoms with van der Waals surface area (Å²) in [6, 6.07) is 7.53.